The van der Waals surface area contributed by atoms with Crippen LogP contribution >= 0.6 is 11.6 Å². The number of nitrogens with zero attached hydrogens (tertiary/aromatic N) is 3. The quantitative estimate of drug-likeness (QED) is 0.851. The lowest BCUT2D eigenvalue weighted by Gasteiger charge is -2.19. The van der Waals surface area contributed by atoms with Crippen LogP contribution in [0.3, 0.4) is 0 Å². The zero-order chi connectivity index (χ0) is 14.3. The lowest BCUT2D eigenvalue weighted by molar-refractivity contribution is 0.602. The van der Waals surface area contributed by atoms with Crippen LogP contribution in [-0.4, -0.2) is 31.2 Å². The molecule has 1 aromatic heterocycles. The van der Waals surface area contributed by atoms with Crippen molar-refractivity contribution in [1.29, 1.82) is 0 Å². The van der Waals surface area contributed by atoms with E-state index in [0.29, 0.717) is 15.7 Å². The molecule has 0 amide bonds. The van der Waals surface area contributed by atoms with Crippen LogP contribution in [0.1, 0.15) is 5.56 Å². The SMILES string of the molecule is CS(=O)(=O)c1ccc2c(c1)CCN2c1ncncc1Cl. The second-order valence-corrected chi connectivity index (χ2v) is 7.08. The van der Waals surface area contributed by atoms with Crippen molar-refractivity contribution in [2.75, 3.05) is 17.7 Å². The smallest absolute Gasteiger partial charge is 0.175 e. The number of hydrogen-bond donors (Lipinski definition) is 0. The number of aromatic nitrogens is 2. The highest BCUT2D eigenvalue weighted by atomic mass is 35.5. The summed E-state index contributed by atoms with van der Waals surface area (Å²) in [5, 5.41) is 0.479. The van der Waals surface area contributed by atoms with Gasteiger partial charge >= 0.3 is 0 Å². The molecule has 3 rings (SSSR count). The maximum absolute atomic E-state index is 11.6. The van der Waals surface area contributed by atoms with E-state index in [9.17, 15) is 8.42 Å². The van der Waals surface area contributed by atoms with E-state index in [-0.39, 0.29) is 0 Å². The Morgan fingerprint density at radius 1 is 1.35 bits per heavy atom. The summed E-state index contributed by atoms with van der Waals surface area (Å²) in [6.45, 7) is 0.722. The van der Waals surface area contributed by atoms with E-state index in [1.165, 1.54) is 12.6 Å². The average Bonchev–Trinajstić information content (AvgIpc) is 2.81. The van der Waals surface area contributed by atoms with Crippen molar-refractivity contribution in [1.82, 2.24) is 9.97 Å². The lowest BCUT2D eigenvalue weighted by atomic mass is 10.2. The van der Waals surface area contributed by atoms with Gasteiger partial charge in [-0.05, 0) is 30.2 Å². The number of sulfone groups is 1. The molecule has 0 N–H and O–H groups in total. The van der Waals surface area contributed by atoms with Gasteiger partial charge in [0.2, 0.25) is 0 Å². The summed E-state index contributed by atoms with van der Waals surface area (Å²) in [7, 11) is -3.18. The second kappa shape index (κ2) is 4.71. The first kappa shape index (κ1) is 13.3. The zero-order valence-corrected chi connectivity index (χ0v) is 12.3. The molecule has 2 heterocycles. The van der Waals surface area contributed by atoms with Crippen LogP contribution in [0.4, 0.5) is 11.5 Å². The minimum atomic E-state index is -3.18. The van der Waals surface area contributed by atoms with Crippen LogP contribution in [0.15, 0.2) is 35.6 Å². The molecule has 1 aliphatic heterocycles. The summed E-state index contributed by atoms with van der Waals surface area (Å²) in [6.07, 6.45) is 4.97. The molecule has 0 saturated heterocycles. The topological polar surface area (TPSA) is 63.2 Å². The van der Waals surface area contributed by atoms with Crippen molar-refractivity contribution in [3.8, 4) is 0 Å². The number of benzene rings is 1. The maximum Gasteiger partial charge on any atom is 0.175 e. The molecule has 0 aliphatic carbocycles. The van der Waals surface area contributed by atoms with Gasteiger partial charge in [-0.15, -0.1) is 0 Å². The van der Waals surface area contributed by atoms with Crippen molar-refractivity contribution in [2.24, 2.45) is 0 Å². The Kier molecular flexibility index (Phi) is 3.14. The number of hydrogen-bond acceptors (Lipinski definition) is 5. The Labute approximate surface area is 122 Å². The largest absolute Gasteiger partial charge is 0.324 e. The Balaban J connectivity index is 2.06. The highest BCUT2D eigenvalue weighted by molar-refractivity contribution is 7.90. The third kappa shape index (κ3) is 2.25. The predicted molar refractivity (Wildman–Crippen MR) is 77.3 cm³/mol. The Bertz CT molecular complexity index is 777. The van der Waals surface area contributed by atoms with Gasteiger partial charge in [0.25, 0.3) is 0 Å². The molecule has 5 nitrogen and oxygen atoms in total. The van der Waals surface area contributed by atoms with Crippen molar-refractivity contribution in [3.05, 3.63) is 41.3 Å². The van der Waals surface area contributed by atoms with E-state index in [4.69, 9.17) is 11.6 Å². The van der Waals surface area contributed by atoms with Gasteiger partial charge < -0.3 is 4.90 Å². The Morgan fingerprint density at radius 3 is 2.85 bits per heavy atom. The first-order valence-electron chi connectivity index (χ1n) is 6.03. The number of halogens is 1. The van der Waals surface area contributed by atoms with Gasteiger partial charge in [-0.25, -0.2) is 18.4 Å². The molecule has 20 heavy (non-hydrogen) atoms. The predicted octanol–water partition coefficient (Wildman–Crippen LogP) is 2.23. The van der Waals surface area contributed by atoms with Crippen LogP contribution in [0.5, 0.6) is 0 Å². The minimum absolute atomic E-state index is 0.340. The van der Waals surface area contributed by atoms with Crippen LogP contribution < -0.4 is 4.90 Å². The van der Waals surface area contributed by atoms with Gasteiger partial charge in [0, 0.05) is 18.5 Å². The van der Waals surface area contributed by atoms with Gasteiger partial charge in [-0.1, -0.05) is 11.6 Å². The third-order valence-corrected chi connectivity index (χ3v) is 4.66. The van der Waals surface area contributed by atoms with Gasteiger partial charge in [0.1, 0.15) is 11.3 Å². The summed E-state index contributed by atoms with van der Waals surface area (Å²) >= 11 is 6.11. The number of anilines is 2. The molecule has 2 aromatic rings. The molecular formula is C13H12ClN3O2S. The summed E-state index contributed by atoms with van der Waals surface area (Å²) in [5.41, 5.74) is 1.93. The molecule has 0 radical (unpaired) electrons. The summed E-state index contributed by atoms with van der Waals surface area (Å²) < 4.78 is 23.2. The number of fused-ring (bicyclic) bond motifs is 1. The van der Waals surface area contributed by atoms with Crippen molar-refractivity contribution in [3.63, 3.8) is 0 Å². The molecule has 0 fully saturated rings. The molecule has 1 aliphatic rings. The van der Waals surface area contributed by atoms with Crippen molar-refractivity contribution < 1.29 is 8.42 Å². The Hall–Kier alpha value is -1.66. The fourth-order valence-electron chi connectivity index (χ4n) is 2.33. The van der Waals surface area contributed by atoms with E-state index < -0.39 is 9.84 Å². The van der Waals surface area contributed by atoms with Crippen LogP contribution in [0.2, 0.25) is 5.02 Å². The highest BCUT2D eigenvalue weighted by Crippen LogP contribution is 2.37. The Morgan fingerprint density at radius 2 is 2.15 bits per heavy atom. The van der Waals surface area contributed by atoms with Gasteiger partial charge in [0.15, 0.2) is 15.7 Å². The fourth-order valence-corrected chi connectivity index (χ4v) is 3.21. The monoisotopic (exact) mass is 309 g/mol. The molecule has 7 heteroatoms. The van der Waals surface area contributed by atoms with Crippen LogP contribution in [0, 0.1) is 0 Å². The molecule has 104 valence electrons. The van der Waals surface area contributed by atoms with Gasteiger partial charge in [-0.2, -0.15) is 0 Å². The average molecular weight is 310 g/mol. The molecule has 0 unspecified atom stereocenters. The summed E-state index contributed by atoms with van der Waals surface area (Å²) in [5.74, 6) is 0.646. The van der Waals surface area contributed by atoms with E-state index in [0.717, 1.165) is 24.2 Å². The molecule has 0 saturated carbocycles. The molecule has 0 spiro atoms. The van der Waals surface area contributed by atoms with E-state index in [2.05, 4.69) is 9.97 Å². The summed E-state index contributed by atoms with van der Waals surface area (Å²) in [4.78, 5) is 10.4. The first-order chi connectivity index (χ1) is 9.47. The van der Waals surface area contributed by atoms with Crippen LogP contribution in [-0.2, 0) is 16.3 Å². The standard InChI is InChI=1S/C13H12ClN3O2S/c1-20(18,19)10-2-3-12-9(6-10)4-5-17(12)13-11(14)7-15-8-16-13/h2-3,6-8H,4-5H2,1H3. The lowest BCUT2D eigenvalue weighted by Crippen LogP contribution is -2.15. The van der Waals surface area contributed by atoms with Gasteiger partial charge in [-0.3, -0.25) is 0 Å². The van der Waals surface area contributed by atoms with E-state index >= 15 is 0 Å². The van der Waals surface area contributed by atoms with Crippen molar-refractivity contribution >= 4 is 32.9 Å². The molecule has 1 aromatic carbocycles. The zero-order valence-electron chi connectivity index (χ0n) is 10.7. The van der Waals surface area contributed by atoms with Gasteiger partial charge in [0.05, 0.1) is 11.1 Å². The maximum atomic E-state index is 11.6. The third-order valence-electron chi connectivity index (χ3n) is 3.28. The van der Waals surface area contributed by atoms with Crippen molar-refractivity contribution in [2.45, 2.75) is 11.3 Å². The highest BCUT2D eigenvalue weighted by Gasteiger charge is 2.24. The van der Waals surface area contributed by atoms with E-state index in [1.54, 1.807) is 24.4 Å². The normalized spacial score (nSPS) is 14.4. The molecular weight excluding hydrogens is 298 g/mol. The fraction of sp³-hybridized carbons (Fsp3) is 0.231. The molecule has 0 bridgehead atoms. The van der Waals surface area contributed by atoms with E-state index in [1.807, 2.05) is 4.90 Å². The number of rotatable bonds is 2. The van der Waals surface area contributed by atoms with Crippen LogP contribution in [0.25, 0.3) is 0 Å². The second-order valence-electron chi connectivity index (χ2n) is 4.66. The minimum Gasteiger partial charge on any atom is -0.324 e. The molecule has 0 atom stereocenters. The summed E-state index contributed by atoms with van der Waals surface area (Å²) in [6, 6.07) is 5.14. The first-order valence-corrected chi connectivity index (χ1v) is 8.30.